The summed E-state index contributed by atoms with van der Waals surface area (Å²) >= 11 is 0. The molecule has 0 fully saturated rings. The van der Waals surface area contributed by atoms with Crippen LogP contribution in [0.5, 0.6) is 5.75 Å². The van der Waals surface area contributed by atoms with Crippen molar-refractivity contribution in [2.45, 2.75) is 33.1 Å². The first-order valence-electron chi connectivity index (χ1n) is 11.6. The minimum absolute atomic E-state index is 0.0638. The second-order valence-electron chi connectivity index (χ2n) is 8.51. The number of carboxylic acids is 1. The Balaban J connectivity index is 1.51. The van der Waals surface area contributed by atoms with Crippen molar-refractivity contribution in [1.82, 2.24) is 9.55 Å². The summed E-state index contributed by atoms with van der Waals surface area (Å²) in [5.74, 6) is -0.344. The van der Waals surface area contributed by atoms with Crippen molar-refractivity contribution in [1.29, 1.82) is 0 Å². The molecule has 4 rings (SSSR count). The van der Waals surface area contributed by atoms with Crippen LogP contribution in [0.1, 0.15) is 39.7 Å². The third kappa shape index (κ3) is 5.70. The van der Waals surface area contributed by atoms with Gasteiger partial charge in [-0.2, -0.15) is 0 Å². The first-order valence-corrected chi connectivity index (χ1v) is 11.6. The van der Waals surface area contributed by atoms with E-state index in [1.54, 1.807) is 31.4 Å². The average Bonchev–Trinajstić information content (AvgIpc) is 3.25. The van der Waals surface area contributed by atoms with E-state index in [1.807, 2.05) is 66.2 Å². The van der Waals surface area contributed by atoms with E-state index < -0.39 is 12.1 Å². The van der Waals surface area contributed by atoms with Crippen molar-refractivity contribution < 1.29 is 24.2 Å². The van der Waals surface area contributed by atoms with Crippen LogP contribution in [0, 0.1) is 6.92 Å². The van der Waals surface area contributed by atoms with Crippen LogP contribution in [-0.4, -0.2) is 39.6 Å². The highest BCUT2D eigenvalue weighted by atomic mass is 16.5. The molecule has 184 valence electrons. The molecule has 0 saturated heterocycles. The second-order valence-corrected chi connectivity index (χ2v) is 8.51. The smallest absolute Gasteiger partial charge is 0.332 e. The molecule has 2 aromatic heterocycles. The molecule has 36 heavy (non-hydrogen) atoms. The fourth-order valence-corrected chi connectivity index (χ4v) is 3.80. The maximum atomic E-state index is 13.3. The number of carbonyl (C=O) groups is 2. The first kappa shape index (κ1) is 24.9. The Hall–Kier alpha value is -4.23. The lowest BCUT2D eigenvalue weighted by molar-refractivity contribution is -0.149. The molecule has 0 bridgehead atoms. The van der Waals surface area contributed by atoms with Crippen LogP contribution in [0.4, 0.5) is 0 Å². The van der Waals surface area contributed by atoms with Gasteiger partial charge >= 0.3 is 5.97 Å². The number of fused-ring (bicyclic) bond motifs is 1. The molecule has 0 amide bonds. The van der Waals surface area contributed by atoms with Crippen molar-refractivity contribution in [2.24, 2.45) is 0 Å². The monoisotopic (exact) mass is 484 g/mol. The number of nitrogens with zero attached hydrogens (tertiary/aromatic N) is 2. The standard InChI is InChI=1S/C29H28N2O5/c1-19-6-15-25-26(27(32)23-11-13-24(35-3)14-12-23)17-31(28(25)30-19)16-4-5-21-7-9-22(10-8-21)18-36-20(2)29(33)34/h4-15,17,20H,16,18H2,1-3H3,(H,33,34)/b5-4+/t20-/m0/s1. The van der Waals surface area contributed by atoms with Crippen molar-refractivity contribution >= 4 is 28.9 Å². The molecule has 7 heteroatoms. The Kier molecular flexibility index (Phi) is 7.61. The second kappa shape index (κ2) is 11.0. The minimum Gasteiger partial charge on any atom is -0.497 e. The zero-order valence-corrected chi connectivity index (χ0v) is 20.5. The summed E-state index contributed by atoms with van der Waals surface area (Å²) in [4.78, 5) is 28.8. The molecule has 7 nitrogen and oxygen atoms in total. The van der Waals surface area contributed by atoms with Crippen LogP contribution in [0.2, 0.25) is 0 Å². The highest BCUT2D eigenvalue weighted by molar-refractivity contribution is 6.16. The number of ketones is 1. The minimum atomic E-state index is -0.981. The molecule has 0 aliphatic heterocycles. The van der Waals surface area contributed by atoms with Gasteiger partial charge in [0.05, 0.1) is 13.7 Å². The molecule has 1 N–H and O–H groups in total. The molecule has 0 spiro atoms. The van der Waals surface area contributed by atoms with Gasteiger partial charge in [-0.25, -0.2) is 9.78 Å². The molecule has 1 atom stereocenters. The van der Waals surface area contributed by atoms with Gasteiger partial charge in [-0.3, -0.25) is 4.79 Å². The van der Waals surface area contributed by atoms with Crippen molar-refractivity contribution in [3.63, 3.8) is 0 Å². The van der Waals surface area contributed by atoms with Crippen LogP contribution >= 0.6 is 0 Å². The summed E-state index contributed by atoms with van der Waals surface area (Å²) in [6, 6.07) is 18.7. The summed E-state index contributed by atoms with van der Waals surface area (Å²) in [7, 11) is 1.59. The predicted molar refractivity (Wildman–Crippen MR) is 138 cm³/mol. The highest BCUT2D eigenvalue weighted by Crippen LogP contribution is 2.24. The van der Waals surface area contributed by atoms with Crippen molar-refractivity contribution in [3.05, 3.63) is 101 Å². The summed E-state index contributed by atoms with van der Waals surface area (Å²) in [5, 5.41) is 9.74. The molecule has 2 heterocycles. The van der Waals surface area contributed by atoms with Crippen LogP contribution in [0.3, 0.4) is 0 Å². The number of benzene rings is 2. The maximum Gasteiger partial charge on any atom is 0.332 e. The summed E-state index contributed by atoms with van der Waals surface area (Å²) in [6.07, 6.45) is 5.03. The predicted octanol–water partition coefficient (Wildman–Crippen LogP) is 5.29. The van der Waals surface area contributed by atoms with Gasteiger partial charge in [-0.05, 0) is 61.4 Å². The molecule has 0 saturated carbocycles. The van der Waals surface area contributed by atoms with E-state index >= 15 is 0 Å². The van der Waals surface area contributed by atoms with Crippen LogP contribution < -0.4 is 4.74 Å². The van der Waals surface area contributed by atoms with Crippen LogP contribution in [0.25, 0.3) is 17.1 Å². The first-order chi connectivity index (χ1) is 17.4. The number of aliphatic carboxylic acids is 1. The van der Waals surface area contributed by atoms with Crippen molar-refractivity contribution in [3.8, 4) is 5.75 Å². The molecule has 0 radical (unpaired) electrons. The van der Waals surface area contributed by atoms with E-state index in [2.05, 4.69) is 4.98 Å². The third-order valence-electron chi connectivity index (χ3n) is 5.90. The van der Waals surface area contributed by atoms with E-state index in [9.17, 15) is 9.59 Å². The summed E-state index contributed by atoms with van der Waals surface area (Å²) in [6.45, 7) is 4.23. The molecule has 0 unspecified atom stereocenters. The van der Waals surface area contributed by atoms with Gasteiger partial charge in [-0.1, -0.05) is 36.4 Å². The lowest BCUT2D eigenvalue weighted by Gasteiger charge is -2.08. The molecule has 2 aromatic carbocycles. The van der Waals surface area contributed by atoms with E-state index in [0.717, 1.165) is 27.9 Å². The third-order valence-corrected chi connectivity index (χ3v) is 5.90. The zero-order valence-electron chi connectivity index (χ0n) is 20.5. The number of methoxy groups -OCH3 is 1. The summed E-state index contributed by atoms with van der Waals surface area (Å²) < 4.78 is 12.5. The van der Waals surface area contributed by atoms with Crippen LogP contribution in [0.15, 0.2) is 72.9 Å². The number of rotatable bonds is 10. The summed E-state index contributed by atoms with van der Waals surface area (Å²) in [5.41, 5.74) is 4.74. The number of pyridine rings is 1. The number of carbonyl (C=O) groups excluding carboxylic acids is 1. The highest BCUT2D eigenvalue weighted by Gasteiger charge is 2.17. The molecule has 0 aliphatic rings. The van der Waals surface area contributed by atoms with E-state index in [-0.39, 0.29) is 12.4 Å². The van der Waals surface area contributed by atoms with E-state index in [0.29, 0.717) is 23.4 Å². The van der Waals surface area contributed by atoms with E-state index in [4.69, 9.17) is 14.6 Å². The number of hydrogen-bond donors (Lipinski definition) is 1. The maximum absolute atomic E-state index is 13.3. The number of carboxylic acid groups (broad SMARTS) is 1. The molecular weight excluding hydrogens is 456 g/mol. The van der Waals surface area contributed by atoms with Crippen LogP contribution in [-0.2, 0) is 22.7 Å². The van der Waals surface area contributed by atoms with Crippen molar-refractivity contribution in [2.75, 3.05) is 7.11 Å². The fourth-order valence-electron chi connectivity index (χ4n) is 3.80. The van der Waals surface area contributed by atoms with Gasteiger partial charge in [0, 0.05) is 34.9 Å². The van der Waals surface area contributed by atoms with Gasteiger partial charge in [0.2, 0.25) is 0 Å². The van der Waals surface area contributed by atoms with E-state index in [1.165, 1.54) is 6.92 Å². The fraction of sp³-hybridized carbons (Fsp3) is 0.207. The normalized spacial score (nSPS) is 12.2. The number of ether oxygens (including phenoxy) is 2. The Bertz CT molecular complexity index is 1400. The quantitative estimate of drug-likeness (QED) is 0.308. The Morgan fingerprint density at radius 3 is 2.44 bits per heavy atom. The van der Waals surface area contributed by atoms with Gasteiger partial charge in [-0.15, -0.1) is 0 Å². The van der Waals surface area contributed by atoms with Gasteiger partial charge in [0.1, 0.15) is 11.4 Å². The topological polar surface area (TPSA) is 90.7 Å². The van der Waals surface area contributed by atoms with Gasteiger partial charge < -0.3 is 19.1 Å². The lowest BCUT2D eigenvalue weighted by Crippen LogP contribution is -2.19. The Labute approximate surface area is 209 Å². The molecular formula is C29H28N2O5. The number of aryl methyl sites for hydroxylation is 1. The number of allylic oxidation sites excluding steroid dienone is 1. The Morgan fingerprint density at radius 2 is 1.78 bits per heavy atom. The Morgan fingerprint density at radius 1 is 1.06 bits per heavy atom. The zero-order chi connectivity index (χ0) is 25.7. The number of aromatic nitrogens is 2. The molecule has 4 aromatic rings. The molecule has 0 aliphatic carbocycles. The van der Waals surface area contributed by atoms with Gasteiger partial charge in [0.25, 0.3) is 0 Å². The lowest BCUT2D eigenvalue weighted by atomic mass is 10.0. The van der Waals surface area contributed by atoms with Gasteiger partial charge in [0.15, 0.2) is 11.9 Å². The number of hydrogen-bond acceptors (Lipinski definition) is 5. The largest absolute Gasteiger partial charge is 0.497 e. The average molecular weight is 485 g/mol. The SMILES string of the molecule is COc1ccc(C(=O)c2cn(C/C=C/c3ccc(CO[C@@H](C)C(=O)O)cc3)c3nc(C)ccc23)cc1.